The molecule has 0 bridgehead atoms. The van der Waals surface area contributed by atoms with Gasteiger partial charge in [0.1, 0.15) is 10.7 Å². The highest BCUT2D eigenvalue weighted by molar-refractivity contribution is 7.21. The van der Waals surface area contributed by atoms with Gasteiger partial charge in [-0.2, -0.15) is 0 Å². The van der Waals surface area contributed by atoms with Crippen LogP contribution in [0.3, 0.4) is 0 Å². The van der Waals surface area contributed by atoms with Gasteiger partial charge < -0.3 is 9.88 Å². The number of hydrogen-bond donors (Lipinski definition) is 1. The molecule has 5 rings (SSSR count). The molecule has 1 N–H and O–H groups in total. The molecule has 3 heterocycles. The lowest BCUT2D eigenvalue weighted by Crippen LogP contribution is -2.39. The van der Waals surface area contributed by atoms with Gasteiger partial charge in [-0.05, 0) is 43.5 Å². The number of imidazole rings is 1. The predicted molar refractivity (Wildman–Crippen MR) is 116 cm³/mol. The van der Waals surface area contributed by atoms with E-state index < -0.39 is 0 Å². The number of aryl methyl sites for hydroxylation is 1. The molecule has 0 aliphatic carbocycles. The second-order valence-electron chi connectivity index (χ2n) is 7.47. The summed E-state index contributed by atoms with van der Waals surface area (Å²) in [5.74, 6) is 1.22. The molecule has 28 heavy (non-hydrogen) atoms. The SMILES string of the molecule is Cc1ccc2c(Cl)c(C(=O)N3CCCC(c4nc5ccccc5[nH]4)C3)sc2c1. The van der Waals surface area contributed by atoms with E-state index >= 15 is 0 Å². The summed E-state index contributed by atoms with van der Waals surface area (Å²) >= 11 is 8.07. The molecule has 1 unspecified atom stereocenters. The van der Waals surface area contributed by atoms with E-state index in [4.69, 9.17) is 16.6 Å². The van der Waals surface area contributed by atoms with Crippen molar-refractivity contribution >= 4 is 50.0 Å². The third kappa shape index (κ3) is 2.99. The lowest BCUT2D eigenvalue weighted by Gasteiger charge is -2.31. The number of carbonyl (C=O) groups is 1. The summed E-state index contributed by atoms with van der Waals surface area (Å²) in [7, 11) is 0. The Kier molecular flexibility index (Phi) is 4.37. The fourth-order valence-electron chi connectivity index (χ4n) is 4.00. The maximum absolute atomic E-state index is 13.2. The number of halogens is 1. The molecule has 0 spiro atoms. The molecular weight excluding hydrogens is 390 g/mol. The first-order valence-electron chi connectivity index (χ1n) is 9.53. The van der Waals surface area contributed by atoms with Gasteiger partial charge in [0.2, 0.25) is 0 Å². The molecule has 6 heteroatoms. The van der Waals surface area contributed by atoms with E-state index in [1.54, 1.807) is 0 Å². The number of fused-ring (bicyclic) bond motifs is 2. The third-order valence-electron chi connectivity index (χ3n) is 5.48. The molecular formula is C22H20ClN3OS. The molecule has 4 aromatic rings. The molecule has 2 aromatic heterocycles. The molecule has 0 saturated carbocycles. The smallest absolute Gasteiger partial charge is 0.265 e. The number of nitrogens with one attached hydrogen (secondary N) is 1. The zero-order valence-corrected chi connectivity index (χ0v) is 17.1. The van der Waals surface area contributed by atoms with Crippen molar-refractivity contribution in [2.24, 2.45) is 0 Å². The van der Waals surface area contributed by atoms with Gasteiger partial charge in [0.25, 0.3) is 5.91 Å². The second kappa shape index (κ2) is 6.90. The van der Waals surface area contributed by atoms with Crippen molar-refractivity contribution in [2.75, 3.05) is 13.1 Å². The van der Waals surface area contributed by atoms with Crippen LogP contribution in [0.4, 0.5) is 0 Å². The predicted octanol–water partition coefficient (Wildman–Crippen LogP) is 5.76. The molecule has 142 valence electrons. The van der Waals surface area contributed by atoms with Crippen LogP contribution < -0.4 is 0 Å². The Bertz CT molecular complexity index is 1160. The van der Waals surface area contributed by atoms with Crippen molar-refractivity contribution in [3.05, 3.63) is 63.8 Å². The first kappa shape index (κ1) is 17.7. The Morgan fingerprint density at radius 3 is 3.00 bits per heavy atom. The zero-order chi connectivity index (χ0) is 19.3. The average Bonchev–Trinajstić information content (AvgIpc) is 3.28. The first-order chi connectivity index (χ1) is 13.6. The van der Waals surface area contributed by atoms with Crippen molar-refractivity contribution in [1.82, 2.24) is 14.9 Å². The highest BCUT2D eigenvalue weighted by Crippen LogP contribution is 2.37. The van der Waals surface area contributed by atoms with Crippen LogP contribution in [-0.2, 0) is 0 Å². The van der Waals surface area contributed by atoms with Gasteiger partial charge in [-0.1, -0.05) is 35.9 Å². The summed E-state index contributed by atoms with van der Waals surface area (Å²) in [5, 5.41) is 1.54. The van der Waals surface area contributed by atoms with E-state index in [1.807, 2.05) is 41.3 Å². The maximum atomic E-state index is 13.2. The molecule has 1 fully saturated rings. The van der Waals surface area contributed by atoms with Crippen LogP contribution in [0.25, 0.3) is 21.1 Å². The quantitative estimate of drug-likeness (QED) is 0.457. The first-order valence-corrected chi connectivity index (χ1v) is 10.7. The third-order valence-corrected chi connectivity index (χ3v) is 7.13. The van der Waals surface area contributed by atoms with Crippen LogP contribution in [0.5, 0.6) is 0 Å². The molecule has 1 atom stereocenters. The number of rotatable bonds is 2. The van der Waals surface area contributed by atoms with Crippen LogP contribution in [0.2, 0.25) is 5.02 Å². The van der Waals surface area contributed by atoms with Gasteiger partial charge in [0, 0.05) is 29.1 Å². The molecule has 2 aromatic carbocycles. The number of benzene rings is 2. The molecule has 4 nitrogen and oxygen atoms in total. The van der Waals surface area contributed by atoms with Gasteiger partial charge in [0.15, 0.2) is 0 Å². The fourth-order valence-corrected chi connectivity index (χ4v) is 5.58. The number of piperidine rings is 1. The van der Waals surface area contributed by atoms with Crippen molar-refractivity contribution in [3.8, 4) is 0 Å². The molecule has 1 amide bonds. The van der Waals surface area contributed by atoms with Gasteiger partial charge in [-0.3, -0.25) is 4.79 Å². The van der Waals surface area contributed by atoms with Gasteiger partial charge >= 0.3 is 0 Å². The second-order valence-corrected chi connectivity index (χ2v) is 8.90. The van der Waals surface area contributed by atoms with Crippen molar-refractivity contribution in [2.45, 2.75) is 25.7 Å². The summed E-state index contributed by atoms with van der Waals surface area (Å²) in [6.07, 6.45) is 2.00. The van der Waals surface area contributed by atoms with E-state index in [1.165, 1.54) is 16.9 Å². The molecule has 1 saturated heterocycles. The number of carbonyl (C=O) groups excluding carboxylic acids is 1. The van der Waals surface area contributed by atoms with Crippen LogP contribution in [0, 0.1) is 6.92 Å². The number of aromatic nitrogens is 2. The summed E-state index contributed by atoms with van der Waals surface area (Å²) in [5.41, 5.74) is 3.19. The van der Waals surface area contributed by atoms with Gasteiger partial charge in [-0.25, -0.2) is 4.98 Å². The van der Waals surface area contributed by atoms with Gasteiger partial charge in [0.05, 0.1) is 16.1 Å². The highest BCUT2D eigenvalue weighted by Gasteiger charge is 2.29. The topological polar surface area (TPSA) is 49.0 Å². The van der Waals surface area contributed by atoms with E-state index in [0.717, 1.165) is 46.3 Å². The van der Waals surface area contributed by atoms with Crippen molar-refractivity contribution in [1.29, 1.82) is 0 Å². The summed E-state index contributed by atoms with van der Waals surface area (Å²) in [6.45, 7) is 3.48. The Morgan fingerprint density at radius 1 is 1.29 bits per heavy atom. The minimum absolute atomic E-state index is 0.0321. The standard InChI is InChI=1S/C22H20ClN3OS/c1-13-8-9-15-18(11-13)28-20(19(15)23)22(27)26-10-4-5-14(12-26)21-24-16-6-2-3-7-17(16)25-21/h2-3,6-9,11,14H,4-5,10,12H2,1H3,(H,24,25). The Labute approximate surface area is 172 Å². The van der Waals surface area contributed by atoms with Crippen LogP contribution >= 0.6 is 22.9 Å². The van der Waals surface area contributed by atoms with Crippen molar-refractivity contribution in [3.63, 3.8) is 0 Å². The van der Waals surface area contributed by atoms with Gasteiger partial charge in [-0.15, -0.1) is 11.3 Å². The van der Waals surface area contributed by atoms with Crippen LogP contribution in [0.1, 0.15) is 39.8 Å². The summed E-state index contributed by atoms with van der Waals surface area (Å²) < 4.78 is 1.07. The summed E-state index contributed by atoms with van der Waals surface area (Å²) in [4.78, 5) is 24.0. The number of H-pyrrole nitrogens is 1. The Balaban J connectivity index is 1.43. The number of nitrogens with zero attached hydrogens (tertiary/aromatic N) is 2. The van der Waals surface area contributed by atoms with E-state index in [-0.39, 0.29) is 11.8 Å². The zero-order valence-electron chi connectivity index (χ0n) is 15.5. The van der Waals surface area contributed by atoms with E-state index in [2.05, 4.69) is 18.0 Å². The number of likely N-dealkylation sites (tertiary alicyclic amines) is 1. The van der Waals surface area contributed by atoms with E-state index in [9.17, 15) is 4.79 Å². The van der Waals surface area contributed by atoms with Crippen LogP contribution in [-0.4, -0.2) is 33.9 Å². The average molecular weight is 410 g/mol. The van der Waals surface area contributed by atoms with Crippen LogP contribution in [0.15, 0.2) is 42.5 Å². The lowest BCUT2D eigenvalue weighted by atomic mass is 9.97. The fraction of sp³-hybridized carbons (Fsp3) is 0.273. The maximum Gasteiger partial charge on any atom is 0.265 e. The lowest BCUT2D eigenvalue weighted by molar-refractivity contribution is 0.0710. The summed E-state index contributed by atoms with van der Waals surface area (Å²) in [6, 6.07) is 14.2. The minimum Gasteiger partial charge on any atom is -0.342 e. The molecule has 1 aliphatic rings. The highest BCUT2D eigenvalue weighted by atomic mass is 35.5. The number of aromatic amines is 1. The normalized spacial score (nSPS) is 17.5. The molecule has 0 radical (unpaired) electrons. The number of amides is 1. The monoisotopic (exact) mass is 409 g/mol. The number of thiophene rings is 1. The molecule has 1 aliphatic heterocycles. The van der Waals surface area contributed by atoms with E-state index in [0.29, 0.717) is 16.4 Å². The number of hydrogen-bond acceptors (Lipinski definition) is 3. The minimum atomic E-state index is 0.0321. The number of para-hydroxylation sites is 2. The largest absolute Gasteiger partial charge is 0.342 e. The Hall–Kier alpha value is -2.37. The Morgan fingerprint density at radius 2 is 2.14 bits per heavy atom. The van der Waals surface area contributed by atoms with Crippen molar-refractivity contribution < 1.29 is 4.79 Å².